The van der Waals surface area contributed by atoms with Gasteiger partial charge in [-0.15, -0.1) is 0 Å². The van der Waals surface area contributed by atoms with E-state index in [0.29, 0.717) is 18.9 Å². The molecule has 19 heavy (non-hydrogen) atoms. The van der Waals surface area contributed by atoms with Gasteiger partial charge in [-0.25, -0.2) is 0 Å². The summed E-state index contributed by atoms with van der Waals surface area (Å²) in [5.74, 6) is 0.643. The van der Waals surface area contributed by atoms with Crippen LogP contribution in [0.4, 0.5) is 0 Å². The Kier molecular flexibility index (Phi) is 6.89. The second-order valence-corrected chi connectivity index (χ2v) is 5.92. The smallest absolute Gasteiger partial charge is 0.225 e. The molecule has 0 bridgehead atoms. The second-order valence-electron chi connectivity index (χ2n) is 5.92. The van der Waals surface area contributed by atoms with Crippen LogP contribution in [0.25, 0.3) is 0 Å². The van der Waals surface area contributed by atoms with Gasteiger partial charge < -0.3 is 10.2 Å². The predicted molar refractivity (Wildman–Crippen MR) is 76.7 cm³/mol. The number of rotatable bonds is 8. The molecule has 1 fully saturated rings. The third-order valence-corrected chi connectivity index (χ3v) is 3.64. The van der Waals surface area contributed by atoms with E-state index in [1.807, 2.05) is 4.90 Å². The zero-order valence-corrected chi connectivity index (χ0v) is 12.6. The average molecular weight is 268 g/mol. The van der Waals surface area contributed by atoms with E-state index in [1.165, 1.54) is 0 Å². The fourth-order valence-electron chi connectivity index (χ4n) is 2.34. The Labute approximate surface area is 116 Å². The Bertz CT molecular complexity index is 303. The zero-order chi connectivity index (χ0) is 14.3. The van der Waals surface area contributed by atoms with E-state index in [-0.39, 0.29) is 17.7 Å². The van der Waals surface area contributed by atoms with Crippen LogP contribution in [0.3, 0.4) is 0 Å². The largest absolute Gasteiger partial charge is 0.356 e. The summed E-state index contributed by atoms with van der Waals surface area (Å²) >= 11 is 0. The summed E-state index contributed by atoms with van der Waals surface area (Å²) in [6, 6.07) is 0. The Hall–Kier alpha value is -1.06. The SMILES string of the molecule is CCCCCN1CC(C(=O)NCCC(C)C)CC1=O. The maximum atomic E-state index is 12.0. The van der Waals surface area contributed by atoms with E-state index < -0.39 is 0 Å². The van der Waals surface area contributed by atoms with Gasteiger partial charge in [0.2, 0.25) is 11.8 Å². The van der Waals surface area contributed by atoms with Crippen LogP contribution in [0.1, 0.15) is 52.9 Å². The third-order valence-electron chi connectivity index (χ3n) is 3.64. The number of likely N-dealkylation sites (tertiary alicyclic amines) is 1. The molecule has 0 aromatic carbocycles. The van der Waals surface area contributed by atoms with Crippen molar-refractivity contribution < 1.29 is 9.59 Å². The molecule has 1 atom stereocenters. The highest BCUT2D eigenvalue weighted by Gasteiger charge is 2.33. The summed E-state index contributed by atoms with van der Waals surface area (Å²) in [5, 5.41) is 2.95. The highest BCUT2D eigenvalue weighted by molar-refractivity contribution is 5.89. The van der Waals surface area contributed by atoms with Gasteiger partial charge in [0.05, 0.1) is 5.92 Å². The normalized spacial score (nSPS) is 19.3. The molecule has 1 N–H and O–H groups in total. The van der Waals surface area contributed by atoms with Crippen LogP contribution < -0.4 is 5.32 Å². The quantitative estimate of drug-likeness (QED) is 0.686. The molecule has 0 aromatic rings. The Morgan fingerprint density at radius 1 is 1.42 bits per heavy atom. The van der Waals surface area contributed by atoms with E-state index in [1.54, 1.807) is 0 Å². The van der Waals surface area contributed by atoms with Crippen LogP contribution in [0.5, 0.6) is 0 Å². The Morgan fingerprint density at radius 2 is 2.16 bits per heavy atom. The van der Waals surface area contributed by atoms with Crippen molar-refractivity contribution in [3.8, 4) is 0 Å². The lowest BCUT2D eigenvalue weighted by Gasteiger charge is -2.16. The molecule has 1 aliphatic rings. The number of carbonyl (C=O) groups is 2. The van der Waals surface area contributed by atoms with E-state index in [9.17, 15) is 9.59 Å². The minimum Gasteiger partial charge on any atom is -0.356 e. The Morgan fingerprint density at radius 3 is 2.79 bits per heavy atom. The van der Waals surface area contributed by atoms with Gasteiger partial charge in [-0.05, 0) is 18.8 Å². The highest BCUT2D eigenvalue weighted by atomic mass is 16.2. The molecule has 4 nitrogen and oxygen atoms in total. The molecule has 0 radical (unpaired) electrons. The molecular weight excluding hydrogens is 240 g/mol. The number of carbonyl (C=O) groups excluding carboxylic acids is 2. The first-order valence-electron chi connectivity index (χ1n) is 7.60. The van der Waals surface area contributed by atoms with Crippen molar-refractivity contribution in [2.75, 3.05) is 19.6 Å². The molecule has 0 saturated carbocycles. The van der Waals surface area contributed by atoms with Crippen LogP contribution in [0.15, 0.2) is 0 Å². The molecule has 1 rings (SSSR count). The lowest BCUT2D eigenvalue weighted by atomic mass is 10.1. The highest BCUT2D eigenvalue weighted by Crippen LogP contribution is 2.18. The summed E-state index contributed by atoms with van der Waals surface area (Å²) in [7, 11) is 0. The van der Waals surface area contributed by atoms with Crippen molar-refractivity contribution in [2.24, 2.45) is 11.8 Å². The number of hydrogen-bond acceptors (Lipinski definition) is 2. The first-order valence-corrected chi connectivity index (χ1v) is 7.60. The first kappa shape index (κ1) is 16.0. The van der Waals surface area contributed by atoms with Crippen molar-refractivity contribution in [1.29, 1.82) is 0 Å². The van der Waals surface area contributed by atoms with Crippen LogP contribution in [-0.4, -0.2) is 36.3 Å². The van der Waals surface area contributed by atoms with E-state index >= 15 is 0 Å². The van der Waals surface area contributed by atoms with Crippen molar-refractivity contribution in [3.05, 3.63) is 0 Å². The fourth-order valence-corrected chi connectivity index (χ4v) is 2.34. The summed E-state index contributed by atoms with van der Waals surface area (Å²) in [6.45, 7) is 8.56. The van der Waals surface area contributed by atoms with Crippen LogP contribution in [-0.2, 0) is 9.59 Å². The van der Waals surface area contributed by atoms with E-state index in [0.717, 1.165) is 38.8 Å². The molecule has 4 heteroatoms. The maximum Gasteiger partial charge on any atom is 0.225 e. The number of nitrogens with zero attached hydrogens (tertiary/aromatic N) is 1. The summed E-state index contributed by atoms with van der Waals surface area (Å²) in [4.78, 5) is 25.6. The molecule has 1 aliphatic heterocycles. The van der Waals surface area contributed by atoms with Gasteiger partial charge >= 0.3 is 0 Å². The average Bonchev–Trinajstić information content (AvgIpc) is 2.71. The topological polar surface area (TPSA) is 49.4 Å². The van der Waals surface area contributed by atoms with Gasteiger partial charge in [0.1, 0.15) is 0 Å². The van der Waals surface area contributed by atoms with Crippen molar-refractivity contribution in [1.82, 2.24) is 10.2 Å². The molecule has 1 heterocycles. The monoisotopic (exact) mass is 268 g/mol. The van der Waals surface area contributed by atoms with E-state index in [2.05, 4.69) is 26.1 Å². The van der Waals surface area contributed by atoms with Gasteiger partial charge in [-0.3, -0.25) is 9.59 Å². The molecule has 1 saturated heterocycles. The minimum atomic E-state index is -0.138. The van der Waals surface area contributed by atoms with E-state index in [4.69, 9.17) is 0 Å². The number of unbranched alkanes of at least 4 members (excludes halogenated alkanes) is 2. The van der Waals surface area contributed by atoms with Gasteiger partial charge in [0.25, 0.3) is 0 Å². The van der Waals surface area contributed by atoms with Crippen molar-refractivity contribution in [3.63, 3.8) is 0 Å². The third kappa shape index (κ3) is 5.62. The van der Waals surface area contributed by atoms with Crippen LogP contribution in [0, 0.1) is 11.8 Å². The number of hydrogen-bond donors (Lipinski definition) is 1. The van der Waals surface area contributed by atoms with Gasteiger partial charge in [-0.2, -0.15) is 0 Å². The molecule has 0 spiro atoms. The predicted octanol–water partition coefficient (Wildman–Crippen LogP) is 2.19. The summed E-state index contributed by atoms with van der Waals surface area (Å²) in [6.07, 6.45) is 4.73. The molecule has 0 aromatic heterocycles. The summed E-state index contributed by atoms with van der Waals surface area (Å²) < 4.78 is 0. The van der Waals surface area contributed by atoms with Crippen LogP contribution in [0.2, 0.25) is 0 Å². The second kappa shape index (κ2) is 8.18. The molecule has 2 amide bonds. The Balaban J connectivity index is 2.28. The van der Waals surface area contributed by atoms with Gasteiger partial charge in [0, 0.05) is 26.1 Å². The number of nitrogens with one attached hydrogen (secondary N) is 1. The number of amides is 2. The molecular formula is C15H28N2O2. The molecule has 0 aliphatic carbocycles. The van der Waals surface area contributed by atoms with Crippen LogP contribution >= 0.6 is 0 Å². The first-order chi connectivity index (χ1) is 9.04. The van der Waals surface area contributed by atoms with Gasteiger partial charge in [-0.1, -0.05) is 33.6 Å². The van der Waals surface area contributed by atoms with Crippen molar-refractivity contribution >= 4 is 11.8 Å². The molecule has 110 valence electrons. The molecule has 1 unspecified atom stereocenters. The standard InChI is InChI=1S/C15H28N2O2/c1-4-5-6-9-17-11-13(10-14(17)18)15(19)16-8-7-12(2)3/h12-13H,4-11H2,1-3H3,(H,16,19). The lowest BCUT2D eigenvalue weighted by Crippen LogP contribution is -2.34. The minimum absolute atomic E-state index is 0.0481. The van der Waals surface area contributed by atoms with Gasteiger partial charge in [0.15, 0.2) is 0 Å². The summed E-state index contributed by atoms with van der Waals surface area (Å²) in [5.41, 5.74) is 0. The lowest BCUT2D eigenvalue weighted by molar-refractivity contribution is -0.129. The maximum absolute atomic E-state index is 12.0. The zero-order valence-electron chi connectivity index (χ0n) is 12.6. The fraction of sp³-hybridized carbons (Fsp3) is 0.867. The van der Waals surface area contributed by atoms with Crippen molar-refractivity contribution in [2.45, 2.75) is 52.9 Å².